The highest BCUT2D eigenvalue weighted by Crippen LogP contribution is 2.27. The molecule has 0 N–H and O–H groups in total. The van der Waals surface area contributed by atoms with Gasteiger partial charge < -0.3 is 14.4 Å². The summed E-state index contributed by atoms with van der Waals surface area (Å²) < 4.78 is 9.17. The number of carbonyl (C=O) groups excluding carboxylic acids is 2. The maximum absolute atomic E-state index is 11.6. The zero-order valence-corrected chi connectivity index (χ0v) is 10.4. The Hall–Kier alpha value is -2.29. The molecule has 1 aliphatic heterocycles. The fourth-order valence-corrected chi connectivity index (χ4v) is 1.72. The van der Waals surface area contributed by atoms with Gasteiger partial charge in [-0.2, -0.15) is 5.26 Å². The number of hydrogen-bond donors (Lipinski definition) is 0. The van der Waals surface area contributed by atoms with Gasteiger partial charge in [-0.3, -0.25) is 9.59 Å². The molecule has 0 aromatic heterocycles. The second-order valence-electron chi connectivity index (χ2n) is 3.75. The number of hydrogen-bond acceptors (Lipinski definition) is 6. The molecule has 1 heterocycles. The van der Waals surface area contributed by atoms with Crippen LogP contribution in [0.5, 0.6) is 0 Å². The molecule has 1 unspecified atom stereocenters. The summed E-state index contributed by atoms with van der Waals surface area (Å²) in [5.74, 6) is -3.26. The van der Waals surface area contributed by atoms with E-state index in [1.165, 1.54) is 14.2 Å². The highest BCUT2D eigenvalue weighted by molar-refractivity contribution is 5.96. The van der Waals surface area contributed by atoms with Crippen LogP contribution in [0.15, 0.2) is 24.0 Å². The van der Waals surface area contributed by atoms with Gasteiger partial charge in [-0.25, -0.2) is 0 Å². The van der Waals surface area contributed by atoms with E-state index in [9.17, 15) is 9.59 Å². The van der Waals surface area contributed by atoms with Crippen LogP contribution in [-0.2, 0) is 19.1 Å². The number of carbonyl (C=O) groups is 2. The molecule has 0 spiro atoms. The van der Waals surface area contributed by atoms with Gasteiger partial charge in [0.15, 0.2) is 5.92 Å². The second-order valence-corrected chi connectivity index (χ2v) is 3.75. The normalized spacial score (nSPS) is 18.1. The first-order valence-corrected chi connectivity index (χ1v) is 5.22. The van der Waals surface area contributed by atoms with Crippen LogP contribution in [0.2, 0.25) is 0 Å². The predicted molar refractivity (Wildman–Crippen MR) is 61.6 cm³/mol. The second kappa shape index (κ2) is 5.87. The highest BCUT2D eigenvalue weighted by Gasteiger charge is 2.38. The Morgan fingerprint density at radius 1 is 1.39 bits per heavy atom. The number of allylic oxidation sites excluding steroid dienone is 2. The van der Waals surface area contributed by atoms with Gasteiger partial charge >= 0.3 is 11.9 Å². The topological polar surface area (TPSA) is 79.6 Å². The van der Waals surface area contributed by atoms with Crippen molar-refractivity contribution in [2.24, 2.45) is 11.8 Å². The maximum Gasteiger partial charge on any atom is 0.321 e. The summed E-state index contributed by atoms with van der Waals surface area (Å²) in [5, 5.41) is 9.05. The number of methoxy groups -OCH3 is 2. The minimum absolute atomic E-state index is 0.306. The summed E-state index contributed by atoms with van der Waals surface area (Å²) in [5.41, 5.74) is 0.306. The third-order valence-corrected chi connectivity index (χ3v) is 2.63. The number of nitriles is 1. The number of rotatable bonds is 3. The van der Waals surface area contributed by atoms with Gasteiger partial charge in [-0.1, -0.05) is 6.08 Å². The smallest absolute Gasteiger partial charge is 0.321 e. The predicted octanol–water partition coefficient (Wildman–Crippen LogP) is 0.431. The molecule has 1 aliphatic rings. The standard InChI is InChI=1S/C12H14N2O4/c1-14-5-4-9(8(6-13)7-14)10(11(15)17-2)12(16)18-3/h4-5,7,9-10H,1-3H3. The van der Waals surface area contributed by atoms with Gasteiger partial charge in [-0.05, 0) is 6.20 Å². The van der Waals surface area contributed by atoms with E-state index in [0.717, 1.165) is 0 Å². The van der Waals surface area contributed by atoms with Crippen LogP contribution in [0.3, 0.4) is 0 Å². The van der Waals surface area contributed by atoms with E-state index in [1.807, 2.05) is 6.07 Å². The van der Waals surface area contributed by atoms with Crippen LogP contribution in [0.1, 0.15) is 0 Å². The van der Waals surface area contributed by atoms with Gasteiger partial charge in [0, 0.05) is 19.2 Å². The van der Waals surface area contributed by atoms with Gasteiger partial charge in [0.1, 0.15) is 0 Å². The molecule has 0 radical (unpaired) electrons. The van der Waals surface area contributed by atoms with Crippen molar-refractivity contribution in [2.75, 3.05) is 21.3 Å². The van der Waals surface area contributed by atoms with E-state index in [0.29, 0.717) is 5.57 Å². The lowest BCUT2D eigenvalue weighted by Gasteiger charge is -2.24. The summed E-state index contributed by atoms with van der Waals surface area (Å²) in [6.07, 6.45) is 4.84. The van der Waals surface area contributed by atoms with Crippen molar-refractivity contribution in [1.82, 2.24) is 4.90 Å². The molecule has 0 bridgehead atoms. The molecule has 0 amide bonds. The van der Waals surface area contributed by atoms with Crippen molar-refractivity contribution >= 4 is 11.9 Å². The van der Waals surface area contributed by atoms with E-state index < -0.39 is 23.8 Å². The van der Waals surface area contributed by atoms with E-state index >= 15 is 0 Å². The van der Waals surface area contributed by atoms with Crippen molar-refractivity contribution in [3.8, 4) is 6.07 Å². The molecule has 0 aromatic rings. The molecule has 0 saturated carbocycles. The summed E-state index contributed by atoms with van der Waals surface area (Å²) in [7, 11) is 4.12. The van der Waals surface area contributed by atoms with Crippen molar-refractivity contribution < 1.29 is 19.1 Å². The van der Waals surface area contributed by atoms with Gasteiger partial charge in [0.25, 0.3) is 0 Å². The quantitative estimate of drug-likeness (QED) is 0.534. The fourth-order valence-electron chi connectivity index (χ4n) is 1.72. The van der Waals surface area contributed by atoms with Crippen LogP contribution in [-0.4, -0.2) is 38.1 Å². The van der Waals surface area contributed by atoms with E-state index in [2.05, 4.69) is 9.47 Å². The Morgan fingerprint density at radius 2 is 1.94 bits per heavy atom. The minimum atomic E-state index is -1.16. The Labute approximate surface area is 105 Å². The Kier molecular flexibility index (Phi) is 4.49. The lowest BCUT2D eigenvalue weighted by atomic mass is 9.85. The van der Waals surface area contributed by atoms with Crippen LogP contribution < -0.4 is 0 Å². The third-order valence-electron chi connectivity index (χ3n) is 2.63. The zero-order chi connectivity index (χ0) is 13.7. The molecule has 6 nitrogen and oxygen atoms in total. The monoisotopic (exact) mass is 250 g/mol. The van der Waals surface area contributed by atoms with E-state index in [-0.39, 0.29) is 0 Å². The van der Waals surface area contributed by atoms with E-state index in [1.54, 1.807) is 30.4 Å². The molecule has 18 heavy (non-hydrogen) atoms. The largest absolute Gasteiger partial charge is 0.468 e. The van der Waals surface area contributed by atoms with Crippen molar-refractivity contribution in [1.29, 1.82) is 5.26 Å². The van der Waals surface area contributed by atoms with Gasteiger partial charge in [0.05, 0.1) is 25.9 Å². The summed E-state index contributed by atoms with van der Waals surface area (Å²) in [6.45, 7) is 0. The van der Waals surface area contributed by atoms with Gasteiger partial charge in [-0.15, -0.1) is 0 Å². The first-order chi connectivity index (χ1) is 8.54. The van der Waals surface area contributed by atoms with Crippen LogP contribution in [0.25, 0.3) is 0 Å². The Balaban J connectivity index is 3.10. The molecule has 0 saturated heterocycles. The third kappa shape index (κ3) is 2.69. The fraction of sp³-hybridized carbons (Fsp3) is 0.417. The number of esters is 2. The molecular formula is C12H14N2O4. The summed E-state index contributed by atoms with van der Waals surface area (Å²) in [6, 6.07) is 1.98. The van der Waals surface area contributed by atoms with Crippen LogP contribution >= 0.6 is 0 Å². The molecule has 1 atom stereocenters. The molecule has 96 valence electrons. The van der Waals surface area contributed by atoms with Crippen molar-refractivity contribution in [3.63, 3.8) is 0 Å². The number of ether oxygens (including phenoxy) is 2. The molecule has 0 fully saturated rings. The first kappa shape index (κ1) is 13.8. The molecule has 6 heteroatoms. The summed E-state index contributed by atoms with van der Waals surface area (Å²) >= 11 is 0. The van der Waals surface area contributed by atoms with E-state index in [4.69, 9.17) is 5.26 Å². The van der Waals surface area contributed by atoms with Crippen LogP contribution in [0.4, 0.5) is 0 Å². The SMILES string of the molecule is COC(=O)C(C(=O)OC)C1C=CN(C)C=C1C#N. The van der Waals surface area contributed by atoms with Crippen LogP contribution in [0, 0.1) is 23.2 Å². The molecule has 0 aromatic carbocycles. The Morgan fingerprint density at radius 3 is 2.39 bits per heavy atom. The molecule has 0 aliphatic carbocycles. The lowest BCUT2D eigenvalue weighted by Crippen LogP contribution is -2.35. The minimum Gasteiger partial charge on any atom is -0.468 e. The highest BCUT2D eigenvalue weighted by atomic mass is 16.5. The lowest BCUT2D eigenvalue weighted by molar-refractivity contribution is -0.160. The average Bonchev–Trinajstić information content (AvgIpc) is 2.39. The van der Waals surface area contributed by atoms with Gasteiger partial charge in [0.2, 0.25) is 0 Å². The summed E-state index contributed by atoms with van der Waals surface area (Å²) in [4.78, 5) is 25.0. The van der Waals surface area contributed by atoms with Crippen molar-refractivity contribution in [3.05, 3.63) is 24.0 Å². The zero-order valence-electron chi connectivity index (χ0n) is 10.4. The number of nitrogens with zero attached hydrogens (tertiary/aromatic N) is 2. The molecule has 1 rings (SSSR count). The van der Waals surface area contributed by atoms with Crippen molar-refractivity contribution in [2.45, 2.75) is 0 Å². The maximum atomic E-state index is 11.6. The molecular weight excluding hydrogens is 236 g/mol. The average molecular weight is 250 g/mol. The first-order valence-electron chi connectivity index (χ1n) is 5.22. The Bertz CT molecular complexity index is 431.